The highest BCUT2D eigenvalue weighted by Gasteiger charge is 2.27. The maximum absolute atomic E-state index is 11.3. The van der Waals surface area contributed by atoms with Gasteiger partial charge in [-0.15, -0.1) is 0 Å². The summed E-state index contributed by atoms with van der Waals surface area (Å²) in [6, 6.07) is 0. The van der Waals surface area contributed by atoms with Gasteiger partial charge in [-0.2, -0.15) is 0 Å². The van der Waals surface area contributed by atoms with Crippen molar-refractivity contribution in [3.63, 3.8) is 0 Å². The lowest BCUT2D eigenvalue weighted by Crippen LogP contribution is -2.47. The van der Waals surface area contributed by atoms with Crippen LogP contribution >= 0.6 is 0 Å². The molecule has 1 aliphatic rings. The molecule has 1 fully saturated rings. The molecule has 1 rings (SSSR count). The van der Waals surface area contributed by atoms with E-state index in [2.05, 4.69) is 19.2 Å². The Hall–Kier alpha value is -0.370. The second-order valence-electron chi connectivity index (χ2n) is 3.42. The van der Waals surface area contributed by atoms with Gasteiger partial charge in [0.15, 0.2) is 0 Å². The van der Waals surface area contributed by atoms with Crippen LogP contribution in [-0.2, 0) is 4.79 Å². The fourth-order valence-electron chi connectivity index (χ4n) is 1.40. The maximum atomic E-state index is 11.3. The first kappa shape index (κ1) is 8.72. The molecule has 1 heterocycles. The third-order valence-electron chi connectivity index (χ3n) is 2.52. The third-order valence-corrected chi connectivity index (χ3v) is 2.52. The van der Waals surface area contributed by atoms with Crippen molar-refractivity contribution in [3.05, 3.63) is 0 Å². The van der Waals surface area contributed by atoms with Crippen molar-refractivity contribution in [3.8, 4) is 0 Å². The lowest BCUT2D eigenvalue weighted by molar-refractivity contribution is -0.124. The van der Waals surface area contributed by atoms with Crippen molar-refractivity contribution in [2.24, 2.45) is 11.8 Å². The number of ketones is 1. The number of hydrogen-bond acceptors (Lipinski definition) is 2. The van der Waals surface area contributed by atoms with E-state index in [0.29, 0.717) is 11.7 Å². The minimum absolute atomic E-state index is 0.288. The Balaban J connectivity index is 2.27. The van der Waals surface area contributed by atoms with Crippen LogP contribution in [0.5, 0.6) is 0 Å². The van der Waals surface area contributed by atoms with Gasteiger partial charge >= 0.3 is 0 Å². The van der Waals surface area contributed by atoms with Gasteiger partial charge in [-0.1, -0.05) is 13.8 Å². The molecule has 64 valence electrons. The van der Waals surface area contributed by atoms with Crippen molar-refractivity contribution >= 4 is 5.78 Å². The Morgan fingerprint density at radius 1 is 1.64 bits per heavy atom. The molecule has 2 nitrogen and oxygen atoms in total. The van der Waals surface area contributed by atoms with E-state index in [1.807, 2.05) is 0 Å². The van der Waals surface area contributed by atoms with Crippen LogP contribution in [-0.4, -0.2) is 18.9 Å². The van der Waals surface area contributed by atoms with Gasteiger partial charge in [0.2, 0.25) is 0 Å². The number of rotatable bonds is 4. The summed E-state index contributed by atoms with van der Waals surface area (Å²) in [5, 5.41) is 3.19. The van der Waals surface area contributed by atoms with Crippen LogP contribution in [0.25, 0.3) is 0 Å². The lowest BCUT2D eigenvalue weighted by atomic mass is 9.84. The number of Topliss-reactive ketones (excluding diaryl/α,β-unsaturated/α-hetero) is 1. The van der Waals surface area contributed by atoms with Gasteiger partial charge in [0.1, 0.15) is 5.78 Å². The SMILES string of the molecule is CCCC(=O)C(C)C1CNC1. The van der Waals surface area contributed by atoms with E-state index in [4.69, 9.17) is 0 Å². The highest BCUT2D eigenvalue weighted by Crippen LogP contribution is 2.18. The van der Waals surface area contributed by atoms with Crippen LogP contribution in [0.15, 0.2) is 0 Å². The first-order valence-corrected chi connectivity index (χ1v) is 4.49. The van der Waals surface area contributed by atoms with Gasteiger partial charge in [-0.3, -0.25) is 4.79 Å². The Kier molecular flexibility index (Phi) is 3.06. The minimum Gasteiger partial charge on any atom is -0.316 e. The molecule has 0 aliphatic carbocycles. The fraction of sp³-hybridized carbons (Fsp3) is 0.889. The molecule has 1 atom stereocenters. The zero-order chi connectivity index (χ0) is 8.27. The lowest BCUT2D eigenvalue weighted by Gasteiger charge is -2.31. The number of carbonyl (C=O) groups is 1. The zero-order valence-electron chi connectivity index (χ0n) is 7.39. The number of carbonyl (C=O) groups excluding carboxylic acids is 1. The summed E-state index contributed by atoms with van der Waals surface area (Å²) in [6.07, 6.45) is 1.75. The van der Waals surface area contributed by atoms with Crippen LogP contribution in [0.4, 0.5) is 0 Å². The van der Waals surface area contributed by atoms with Crippen LogP contribution in [0, 0.1) is 11.8 Å². The highest BCUT2D eigenvalue weighted by molar-refractivity contribution is 5.81. The molecule has 1 unspecified atom stereocenters. The van der Waals surface area contributed by atoms with Crippen molar-refractivity contribution in [2.45, 2.75) is 26.7 Å². The zero-order valence-corrected chi connectivity index (χ0v) is 7.39. The predicted octanol–water partition coefficient (Wildman–Crippen LogP) is 1.21. The second-order valence-corrected chi connectivity index (χ2v) is 3.42. The largest absolute Gasteiger partial charge is 0.316 e. The molecule has 0 amide bonds. The van der Waals surface area contributed by atoms with Crippen molar-refractivity contribution in [1.82, 2.24) is 5.32 Å². The van der Waals surface area contributed by atoms with E-state index < -0.39 is 0 Å². The predicted molar refractivity (Wildman–Crippen MR) is 45.4 cm³/mol. The quantitative estimate of drug-likeness (QED) is 0.661. The summed E-state index contributed by atoms with van der Waals surface area (Å²) in [7, 11) is 0. The molecule has 0 spiro atoms. The summed E-state index contributed by atoms with van der Waals surface area (Å²) >= 11 is 0. The number of nitrogens with one attached hydrogen (secondary N) is 1. The van der Waals surface area contributed by atoms with Gasteiger partial charge in [0.25, 0.3) is 0 Å². The van der Waals surface area contributed by atoms with E-state index in [9.17, 15) is 4.79 Å². The van der Waals surface area contributed by atoms with Gasteiger partial charge in [0, 0.05) is 12.3 Å². The van der Waals surface area contributed by atoms with E-state index >= 15 is 0 Å². The minimum atomic E-state index is 0.288. The summed E-state index contributed by atoms with van der Waals surface area (Å²) in [6.45, 7) is 6.19. The average Bonchev–Trinajstić information content (AvgIpc) is 1.84. The monoisotopic (exact) mass is 155 g/mol. The first-order chi connectivity index (χ1) is 5.25. The molecular formula is C9H17NO. The van der Waals surface area contributed by atoms with Crippen molar-refractivity contribution < 1.29 is 4.79 Å². The molecule has 0 aromatic rings. The maximum Gasteiger partial charge on any atom is 0.136 e. The van der Waals surface area contributed by atoms with Crippen LogP contribution in [0.3, 0.4) is 0 Å². The van der Waals surface area contributed by atoms with Crippen LogP contribution < -0.4 is 5.32 Å². The Labute approximate surface area is 68.4 Å². The van der Waals surface area contributed by atoms with Crippen LogP contribution in [0.2, 0.25) is 0 Å². The topological polar surface area (TPSA) is 29.1 Å². The molecule has 1 saturated heterocycles. The fourth-order valence-corrected chi connectivity index (χ4v) is 1.40. The van der Waals surface area contributed by atoms with E-state index in [0.717, 1.165) is 25.9 Å². The van der Waals surface area contributed by atoms with Gasteiger partial charge in [-0.25, -0.2) is 0 Å². The standard InChI is InChI=1S/C9H17NO/c1-3-4-9(11)7(2)8-5-10-6-8/h7-8,10H,3-6H2,1-2H3. The Bertz CT molecular complexity index is 140. The molecule has 11 heavy (non-hydrogen) atoms. The second kappa shape index (κ2) is 3.86. The number of hydrogen-bond donors (Lipinski definition) is 1. The third kappa shape index (κ3) is 2.03. The molecule has 0 radical (unpaired) electrons. The molecule has 1 aliphatic heterocycles. The van der Waals surface area contributed by atoms with Crippen molar-refractivity contribution in [1.29, 1.82) is 0 Å². The van der Waals surface area contributed by atoms with E-state index in [1.54, 1.807) is 0 Å². The molecule has 0 bridgehead atoms. The summed E-state index contributed by atoms with van der Waals surface area (Å²) in [5.74, 6) is 1.35. The summed E-state index contributed by atoms with van der Waals surface area (Å²) < 4.78 is 0. The molecular weight excluding hydrogens is 138 g/mol. The molecule has 1 N–H and O–H groups in total. The van der Waals surface area contributed by atoms with Gasteiger partial charge in [0.05, 0.1) is 0 Å². The molecule has 0 aromatic heterocycles. The Morgan fingerprint density at radius 2 is 2.27 bits per heavy atom. The normalized spacial score (nSPS) is 20.9. The molecule has 0 saturated carbocycles. The summed E-state index contributed by atoms with van der Waals surface area (Å²) in [4.78, 5) is 11.3. The Morgan fingerprint density at radius 3 is 2.64 bits per heavy atom. The van der Waals surface area contributed by atoms with Gasteiger partial charge in [-0.05, 0) is 25.4 Å². The molecule has 0 aromatic carbocycles. The first-order valence-electron chi connectivity index (χ1n) is 4.49. The summed E-state index contributed by atoms with van der Waals surface area (Å²) in [5.41, 5.74) is 0. The van der Waals surface area contributed by atoms with E-state index in [-0.39, 0.29) is 5.92 Å². The van der Waals surface area contributed by atoms with Crippen LogP contribution in [0.1, 0.15) is 26.7 Å². The molecule has 2 heteroatoms. The van der Waals surface area contributed by atoms with Gasteiger partial charge < -0.3 is 5.32 Å². The smallest absolute Gasteiger partial charge is 0.136 e. The van der Waals surface area contributed by atoms with Crippen molar-refractivity contribution in [2.75, 3.05) is 13.1 Å². The highest BCUT2D eigenvalue weighted by atomic mass is 16.1. The average molecular weight is 155 g/mol. The van der Waals surface area contributed by atoms with E-state index in [1.165, 1.54) is 0 Å².